The van der Waals surface area contributed by atoms with Crippen LogP contribution in [0.3, 0.4) is 0 Å². The summed E-state index contributed by atoms with van der Waals surface area (Å²) < 4.78 is 1.65. The zero-order valence-corrected chi connectivity index (χ0v) is 8.33. The van der Waals surface area contributed by atoms with Crippen molar-refractivity contribution in [2.45, 2.75) is 19.0 Å². The molecule has 15 heavy (non-hydrogen) atoms. The van der Waals surface area contributed by atoms with Crippen molar-refractivity contribution < 1.29 is 15.0 Å². The van der Waals surface area contributed by atoms with Gasteiger partial charge >= 0.3 is 0 Å². The number of aryl methyl sites for hydroxylation is 1. The Hall–Kier alpha value is -1.40. The maximum Gasteiger partial charge on any atom is 0.222 e. The highest BCUT2D eigenvalue weighted by atomic mass is 16.3. The second-order valence-electron chi connectivity index (χ2n) is 3.15. The Bertz CT molecular complexity index is 283. The summed E-state index contributed by atoms with van der Waals surface area (Å²) in [7, 11) is 0. The van der Waals surface area contributed by atoms with Gasteiger partial charge in [-0.3, -0.25) is 9.48 Å². The van der Waals surface area contributed by atoms with Gasteiger partial charge in [0, 0.05) is 25.4 Å². The summed E-state index contributed by atoms with van der Waals surface area (Å²) in [5.74, 6) is -0.210. The maximum atomic E-state index is 11.3. The predicted molar refractivity (Wildman–Crippen MR) is 52.9 cm³/mol. The number of nitrogens with zero attached hydrogens (tertiary/aromatic N) is 2. The minimum Gasteiger partial charge on any atom is -0.394 e. The van der Waals surface area contributed by atoms with Gasteiger partial charge in [-0.2, -0.15) is 5.10 Å². The number of hydrogen-bond acceptors (Lipinski definition) is 4. The second-order valence-corrected chi connectivity index (χ2v) is 3.15. The molecule has 0 atom stereocenters. The van der Waals surface area contributed by atoms with Gasteiger partial charge < -0.3 is 15.5 Å². The minimum absolute atomic E-state index is 0.210. The maximum absolute atomic E-state index is 11.3. The van der Waals surface area contributed by atoms with Crippen molar-refractivity contribution in [1.82, 2.24) is 15.1 Å². The average Bonchev–Trinajstić information content (AvgIpc) is 2.75. The van der Waals surface area contributed by atoms with Crippen molar-refractivity contribution in [3.8, 4) is 0 Å². The molecule has 0 bridgehead atoms. The smallest absolute Gasteiger partial charge is 0.222 e. The van der Waals surface area contributed by atoms with Crippen LogP contribution >= 0.6 is 0 Å². The lowest BCUT2D eigenvalue weighted by Crippen LogP contribution is -2.40. The zero-order valence-electron chi connectivity index (χ0n) is 8.33. The SMILES string of the molecule is O=C(CCn1cccn1)NC(CO)CO. The Balaban J connectivity index is 2.24. The number of rotatable bonds is 6. The highest BCUT2D eigenvalue weighted by molar-refractivity contribution is 5.76. The van der Waals surface area contributed by atoms with Gasteiger partial charge in [0.2, 0.25) is 5.91 Å². The molecular weight excluding hydrogens is 198 g/mol. The number of carbonyl (C=O) groups excluding carboxylic acids is 1. The lowest BCUT2D eigenvalue weighted by molar-refractivity contribution is -0.122. The molecule has 1 heterocycles. The first kappa shape index (κ1) is 11.7. The molecule has 0 radical (unpaired) electrons. The third-order valence-electron chi connectivity index (χ3n) is 1.93. The van der Waals surface area contributed by atoms with Crippen LogP contribution in [0.2, 0.25) is 0 Å². The lowest BCUT2D eigenvalue weighted by Gasteiger charge is -2.12. The summed E-state index contributed by atoms with van der Waals surface area (Å²) in [4.78, 5) is 11.3. The van der Waals surface area contributed by atoms with Crippen LogP contribution in [-0.4, -0.2) is 45.2 Å². The Morgan fingerprint density at radius 3 is 2.73 bits per heavy atom. The number of nitrogens with one attached hydrogen (secondary N) is 1. The molecule has 0 aliphatic heterocycles. The fourth-order valence-corrected chi connectivity index (χ4v) is 1.10. The van der Waals surface area contributed by atoms with Crippen LogP contribution in [0.25, 0.3) is 0 Å². The van der Waals surface area contributed by atoms with Crippen LogP contribution in [0.1, 0.15) is 6.42 Å². The van der Waals surface area contributed by atoms with Crippen molar-refractivity contribution in [2.75, 3.05) is 13.2 Å². The van der Waals surface area contributed by atoms with Gasteiger partial charge in [-0.05, 0) is 6.07 Å². The predicted octanol–water partition coefficient (Wildman–Crippen LogP) is -1.26. The lowest BCUT2D eigenvalue weighted by atomic mass is 10.3. The van der Waals surface area contributed by atoms with E-state index in [2.05, 4.69) is 10.4 Å². The molecule has 0 aliphatic rings. The number of aliphatic hydroxyl groups excluding tert-OH is 2. The molecule has 0 spiro atoms. The van der Waals surface area contributed by atoms with Crippen LogP contribution in [0.5, 0.6) is 0 Å². The van der Waals surface area contributed by atoms with Gasteiger partial charge in [-0.15, -0.1) is 0 Å². The third kappa shape index (κ3) is 4.09. The molecule has 3 N–H and O–H groups in total. The van der Waals surface area contributed by atoms with Crippen LogP contribution in [0.4, 0.5) is 0 Å². The first-order chi connectivity index (χ1) is 7.26. The number of amides is 1. The molecule has 0 aromatic carbocycles. The first-order valence-electron chi connectivity index (χ1n) is 4.74. The molecule has 0 aliphatic carbocycles. The second kappa shape index (κ2) is 6.15. The third-order valence-corrected chi connectivity index (χ3v) is 1.93. The van der Waals surface area contributed by atoms with E-state index in [-0.39, 0.29) is 25.5 Å². The van der Waals surface area contributed by atoms with Crippen molar-refractivity contribution in [3.63, 3.8) is 0 Å². The Morgan fingerprint density at radius 2 is 2.20 bits per heavy atom. The zero-order chi connectivity index (χ0) is 11.1. The summed E-state index contributed by atoms with van der Waals surface area (Å²) in [6.45, 7) is -0.0313. The van der Waals surface area contributed by atoms with Crippen LogP contribution in [-0.2, 0) is 11.3 Å². The molecular formula is C9H15N3O3. The molecule has 1 amide bonds. The number of carbonyl (C=O) groups is 1. The monoisotopic (exact) mass is 213 g/mol. The Morgan fingerprint density at radius 1 is 1.47 bits per heavy atom. The number of aliphatic hydroxyl groups is 2. The standard InChI is InChI=1S/C9H15N3O3/c13-6-8(7-14)11-9(15)2-5-12-4-1-3-10-12/h1,3-4,8,13-14H,2,5-7H2,(H,11,15). The molecule has 0 unspecified atom stereocenters. The Kier molecular flexibility index (Phi) is 4.79. The average molecular weight is 213 g/mol. The quantitative estimate of drug-likeness (QED) is 0.550. The molecule has 0 saturated carbocycles. The summed E-state index contributed by atoms with van der Waals surface area (Å²) in [5, 5.41) is 23.9. The normalized spacial score (nSPS) is 10.6. The topological polar surface area (TPSA) is 87.4 Å². The van der Waals surface area contributed by atoms with Crippen LogP contribution in [0.15, 0.2) is 18.5 Å². The summed E-state index contributed by atoms with van der Waals surface area (Å²) >= 11 is 0. The van der Waals surface area contributed by atoms with Gasteiger partial charge in [0.05, 0.1) is 19.3 Å². The highest BCUT2D eigenvalue weighted by Gasteiger charge is 2.09. The fourth-order valence-electron chi connectivity index (χ4n) is 1.10. The van der Waals surface area contributed by atoms with Crippen LogP contribution < -0.4 is 5.32 Å². The molecule has 0 saturated heterocycles. The van der Waals surface area contributed by atoms with E-state index in [1.54, 1.807) is 23.1 Å². The van der Waals surface area contributed by atoms with Crippen molar-refractivity contribution in [2.24, 2.45) is 0 Å². The summed E-state index contributed by atoms with van der Waals surface area (Å²) in [6, 6.07) is 1.21. The van der Waals surface area contributed by atoms with E-state index >= 15 is 0 Å². The molecule has 6 nitrogen and oxygen atoms in total. The number of hydrogen-bond donors (Lipinski definition) is 3. The minimum atomic E-state index is -0.574. The van der Waals surface area contributed by atoms with E-state index in [0.717, 1.165) is 0 Å². The van der Waals surface area contributed by atoms with Gasteiger partial charge in [-0.25, -0.2) is 0 Å². The molecule has 1 aromatic heterocycles. The van der Waals surface area contributed by atoms with Gasteiger partial charge in [-0.1, -0.05) is 0 Å². The molecule has 84 valence electrons. The van der Waals surface area contributed by atoms with Crippen LogP contribution in [0, 0.1) is 0 Å². The molecule has 1 aromatic rings. The molecule has 1 rings (SSSR count). The molecule has 0 fully saturated rings. The van der Waals surface area contributed by atoms with Crippen molar-refractivity contribution >= 4 is 5.91 Å². The first-order valence-corrected chi connectivity index (χ1v) is 4.74. The van der Waals surface area contributed by atoms with Crippen molar-refractivity contribution in [3.05, 3.63) is 18.5 Å². The summed E-state index contributed by atoms with van der Waals surface area (Å²) in [5.41, 5.74) is 0. The van der Waals surface area contributed by atoms with Gasteiger partial charge in [0.15, 0.2) is 0 Å². The fraction of sp³-hybridized carbons (Fsp3) is 0.556. The van der Waals surface area contributed by atoms with Gasteiger partial charge in [0.1, 0.15) is 0 Å². The largest absolute Gasteiger partial charge is 0.394 e. The molecule has 6 heteroatoms. The van der Waals surface area contributed by atoms with E-state index in [4.69, 9.17) is 10.2 Å². The van der Waals surface area contributed by atoms with E-state index in [1.807, 2.05) is 0 Å². The van der Waals surface area contributed by atoms with Gasteiger partial charge in [0.25, 0.3) is 0 Å². The Labute approximate surface area is 87.5 Å². The van der Waals surface area contributed by atoms with E-state index in [9.17, 15) is 4.79 Å². The van der Waals surface area contributed by atoms with Crippen molar-refractivity contribution in [1.29, 1.82) is 0 Å². The van der Waals surface area contributed by atoms with E-state index < -0.39 is 6.04 Å². The van der Waals surface area contributed by atoms with E-state index in [1.165, 1.54) is 0 Å². The summed E-state index contributed by atoms with van der Waals surface area (Å²) in [6.07, 6.45) is 3.68. The number of aromatic nitrogens is 2. The highest BCUT2D eigenvalue weighted by Crippen LogP contribution is 1.90. The van der Waals surface area contributed by atoms with E-state index in [0.29, 0.717) is 6.54 Å².